The Kier molecular flexibility index (Phi) is 5.07. The van der Waals surface area contributed by atoms with Gasteiger partial charge in [-0.3, -0.25) is 9.48 Å². The molecule has 2 aliphatic rings. The lowest BCUT2D eigenvalue weighted by molar-refractivity contribution is -0.127. The van der Waals surface area contributed by atoms with E-state index in [0.717, 1.165) is 24.5 Å². The van der Waals surface area contributed by atoms with Crippen LogP contribution in [0, 0.1) is 19.8 Å². The Balaban J connectivity index is 1.42. The highest BCUT2D eigenvalue weighted by Crippen LogP contribution is 2.40. The van der Waals surface area contributed by atoms with E-state index in [1.807, 2.05) is 48.1 Å². The largest absolute Gasteiger partial charge is 0.338 e. The molecule has 0 bridgehead atoms. The fraction of sp³-hybridized carbons (Fsp3) is 0.650. The maximum atomic E-state index is 12.4. The number of hydrogen-bond acceptors (Lipinski definition) is 5. The summed E-state index contributed by atoms with van der Waals surface area (Å²) in [6, 6.07) is 0.102. The van der Waals surface area contributed by atoms with Crippen molar-refractivity contribution in [3.63, 3.8) is 0 Å². The van der Waals surface area contributed by atoms with Crippen LogP contribution in [0.15, 0.2) is 6.20 Å². The van der Waals surface area contributed by atoms with E-state index in [0.29, 0.717) is 12.3 Å². The van der Waals surface area contributed by atoms with Crippen molar-refractivity contribution in [1.82, 2.24) is 25.0 Å². The fourth-order valence-corrected chi connectivity index (χ4v) is 5.47. The summed E-state index contributed by atoms with van der Waals surface area (Å²) >= 11 is 1.84. The van der Waals surface area contributed by atoms with Crippen LogP contribution in [0.3, 0.4) is 0 Å². The first-order chi connectivity index (χ1) is 13.0. The number of carbonyl (C=O) groups is 1. The number of likely N-dealkylation sites (tertiary alicyclic amines) is 1. The Morgan fingerprint density at radius 3 is 2.70 bits per heavy atom. The Hall–Kier alpha value is -1.73. The quantitative estimate of drug-likeness (QED) is 0.827. The summed E-state index contributed by atoms with van der Waals surface area (Å²) in [4.78, 5) is 20.2. The highest BCUT2D eigenvalue weighted by atomic mass is 32.1. The predicted molar refractivity (Wildman–Crippen MR) is 107 cm³/mol. The summed E-state index contributed by atoms with van der Waals surface area (Å²) in [5, 5.41) is 9.44. The lowest BCUT2D eigenvalue weighted by atomic mass is 9.86. The summed E-state index contributed by atoms with van der Waals surface area (Å²) in [5.74, 6) is 1.19. The number of amides is 1. The Morgan fingerprint density at radius 1 is 1.30 bits per heavy atom. The average molecular weight is 388 g/mol. The number of nitrogens with one attached hydrogen (secondary N) is 1. The van der Waals surface area contributed by atoms with Gasteiger partial charge in [-0.1, -0.05) is 6.42 Å². The second kappa shape index (κ2) is 7.36. The molecule has 2 fully saturated rings. The van der Waals surface area contributed by atoms with Gasteiger partial charge in [0.2, 0.25) is 5.91 Å². The monoisotopic (exact) mass is 387 g/mol. The maximum absolute atomic E-state index is 12.4. The van der Waals surface area contributed by atoms with Gasteiger partial charge in [-0.2, -0.15) is 5.10 Å². The van der Waals surface area contributed by atoms with Crippen LogP contribution < -0.4 is 5.32 Å². The van der Waals surface area contributed by atoms with Gasteiger partial charge in [-0.25, -0.2) is 4.98 Å². The van der Waals surface area contributed by atoms with Crippen LogP contribution in [0.1, 0.15) is 64.5 Å². The molecule has 2 aromatic rings. The highest BCUT2D eigenvalue weighted by molar-refractivity contribution is 7.11. The predicted octanol–water partition coefficient (Wildman–Crippen LogP) is 3.07. The third-order valence-electron chi connectivity index (χ3n) is 6.29. The number of aryl methyl sites for hydroxylation is 2. The minimum atomic E-state index is 0.102. The normalized spacial score (nSPS) is 23.3. The van der Waals surface area contributed by atoms with Gasteiger partial charge < -0.3 is 10.2 Å². The van der Waals surface area contributed by atoms with E-state index in [4.69, 9.17) is 0 Å². The average Bonchev–Trinajstić information content (AvgIpc) is 3.20. The summed E-state index contributed by atoms with van der Waals surface area (Å²) in [5.41, 5.74) is 3.39. The standard InChI is InChI=1S/C20H29N5OS/c1-12-18(13(2)25(4)23-12)19-15(8-17(26)24(19)3)9-21-10-16-11-22-20(27-16)14-6-5-7-14/h11,14-15,19,21H,5-10H2,1-4H3/t15-,19+/m0/s1. The van der Waals surface area contributed by atoms with E-state index in [-0.39, 0.29) is 17.9 Å². The van der Waals surface area contributed by atoms with Crippen LogP contribution in [0.25, 0.3) is 0 Å². The molecule has 6 nitrogen and oxygen atoms in total. The van der Waals surface area contributed by atoms with Crippen molar-refractivity contribution in [1.29, 1.82) is 0 Å². The zero-order valence-electron chi connectivity index (χ0n) is 16.7. The summed E-state index contributed by atoms with van der Waals surface area (Å²) < 4.78 is 1.92. The molecule has 0 spiro atoms. The lowest BCUT2D eigenvalue weighted by Crippen LogP contribution is -2.29. The SMILES string of the molecule is Cc1nn(C)c(C)c1[C@H]1[C@H](CNCc2cnc(C3CCC3)s2)CC(=O)N1C. The van der Waals surface area contributed by atoms with E-state index in [1.165, 1.54) is 34.7 Å². The molecule has 0 aromatic carbocycles. The molecular weight excluding hydrogens is 358 g/mol. The van der Waals surface area contributed by atoms with Gasteiger partial charge in [0, 0.05) is 67.8 Å². The van der Waals surface area contributed by atoms with Crippen LogP contribution in [0.5, 0.6) is 0 Å². The van der Waals surface area contributed by atoms with Crippen LogP contribution >= 0.6 is 11.3 Å². The first-order valence-electron chi connectivity index (χ1n) is 9.86. The minimum absolute atomic E-state index is 0.102. The van der Waals surface area contributed by atoms with Gasteiger partial charge in [-0.05, 0) is 26.7 Å². The van der Waals surface area contributed by atoms with Crippen LogP contribution in [-0.4, -0.2) is 39.2 Å². The van der Waals surface area contributed by atoms with Crippen molar-refractivity contribution in [3.8, 4) is 0 Å². The number of rotatable bonds is 6. The van der Waals surface area contributed by atoms with E-state index in [1.54, 1.807) is 0 Å². The van der Waals surface area contributed by atoms with E-state index in [2.05, 4.69) is 22.3 Å². The zero-order valence-corrected chi connectivity index (χ0v) is 17.5. The second-order valence-electron chi connectivity index (χ2n) is 8.05. The van der Waals surface area contributed by atoms with Gasteiger partial charge in [0.15, 0.2) is 0 Å². The number of hydrogen-bond donors (Lipinski definition) is 1. The molecule has 2 aromatic heterocycles. The molecule has 1 saturated heterocycles. The van der Waals surface area contributed by atoms with E-state index < -0.39 is 0 Å². The molecule has 1 aliphatic heterocycles. The van der Waals surface area contributed by atoms with E-state index in [9.17, 15) is 4.79 Å². The molecule has 4 rings (SSSR count). The molecule has 27 heavy (non-hydrogen) atoms. The number of nitrogens with zero attached hydrogens (tertiary/aromatic N) is 4. The third kappa shape index (κ3) is 3.43. The fourth-order valence-electron chi connectivity index (χ4n) is 4.41. The van der Waals surface area contributed by atoms with Crippen molar-refractivity contribution in [2.24, 2.45) is 13.0 Å². The summed E-state index contributed by atoms with van der Waals surface area (Å²) in [6.45, 7) is 5.79. The number of carbonyl (C=O) groups excluding carboxylic acids is 1. The first kappa shape index (κ1) is 18.6. The van der Waals surface area contributed by atoms with Crippen molar-refractivity contribution in [2.45, 2.75) is 58.0 Å². The third-order valence-corrected chi connectivity index (χ3v) is 7.45. The van der Waals surface area contributed by atoms with Gasteiger partial charge in [0.05, 0.1) is 16.7 Å². The number of thiazole rings is 1. The smallest absolute Gasteiger partial charge is 0.223 e. The zero-order chi connectivity index (χ0) is 19.1. The molecular formula is C20H29N5OS. The highest BCUT2D eigenvalue weighted by Gasteiger charge is 2.40. The number of aromatic nitrogens is 3. The van der Waals surface area contributed by atoms with Crippen molar-refractivity contribution < 1.29 is 4.79 Å². The lowest BCUT2D eigenvalue weighted by Gasteiger charge is -2.26. The Labute approximate surface area is 165 Å². The molecule has 1 amide bonds. The Bertz CT molecular complexity index is 838. The van der Waals surface area contributed by atoms with Gasteiger partial charge in [0.1, 0.15) is 0 Å². The molecule has 2 atom stereocenters. The molecule has 3 heterocycles. The van der Waals surface area contributed by atoms with Crippen molar-refractivity contribution >= 4 is 17.2 Å². The summed E-state index contributed by atoms with van der Waals surface area (Å²) in [7, 11) is 3.90. The summed E-state index contributed by atoms with van der Waals surface area (Å²) in [6.07, 6.45) is 6.54. The Morgan fingerprint density at radius 2 is 2.07 bits per heavy atom. The van der Waals surface area contributed by atoms with Crippen molar-refractivity contribution in [3.05, 3.63) is 33.0 Å². The van der Waals surface area contributed by atoms with Crippen LogP contribution in [0.4, 0.5) is 0 Å². The second-order valence-corrected chi connectivity index (χ2v) is 9.19. The van der Waals surface area contributed by atoms with Gasteiger partial charge in [-0.15, -0.1) is 11.3 Å². The van der Waals surface area contributed by atoms with Gasteiger partial charge >= 0.3 is 0 Å². The maximum Gasteiger partial charge on any atom is 0.223 e. The van der Waals surface area contributed by atoms with Crippen LogP contribution in [-0.2, 0) is 18.4 Å². The minimum Gasteiger partial charge on any atom is -0.338 e. The molecule has 1 N–H and O–H groups in total. The van der Waals surface area contributed by atoms with Crippen molar-refractivity contribution in [2.75, 3.05) is 13.6 Å². The molecule has 146 valence electrons. The molecule has 0 unspecified atom stereocenters. The molecule has 1 saturated carbocycles. The molecule has 1 aliphatic carbocycles. The molecule has 0 radical (unpaired) electrons. The van der Waals surface area contributed by atoms with Crippen LogP contribution in [0.2, 0.25) is 0 Å². The molecule has 7 heteroatoms. The first-order valence-corrected chi connectivity index (χ1v) is 10.7. The topological polar surface area (TPSA) is 63.1 Å². The van der Waals surface area contributed by atoms with E-state index >= 15 is 0 Å². The van der Waals surface area contributed by atoms with Gasteiger partial charge in [0.25, 0.3) is 0 Å².